The number of carboxylic acids is 1. The number of fused-ring (bicyclic) bond motifs is 2. The first kappa shape index (κ1) is 24.6. The molecule has 0 radical (unpaired) electrons. The van der Waals surface area contributed by atoms with Crippen molar-refractivity contribution in [2.75, 3.05) is 18.5 Å². The summed E-state index contributed by atoms with van der Waals surface area (Å²) in [4.78, 5) is 19.2. The van der Waals surface area contributed by atoms with Crippen LogP contribution in [0.15, 0.2) is 67.0 Å². The maximum atomic E-state index is 12.5. The van der Waals surface area contributed by atoms with E-state index in [9.17, 15) is 9.90 Å². The largest absolute Gasteiger partial charge is 0.493 e. The van der Waals surface area contributed by atoms with Crippen LogP contribution in [0, 0.1) is 6.92 Å². The Morgan fingerprint density at radius 3 is 2.69 bits per heavy atom. The molecule has 1 aliphatic carbocycles. The summed E-state index contributed by atoms with van der Waals surface area (Å²) >= 11 is 6.16. The number of hydrogen-bond donors (Lipinski definition) is 2. The molecule has 0 bridgehead atoms. The highest BCUT2D eigenvalue weighted by Crippen LogP contribution is 2.51. The molecule has 0 saturated heterocycles. The number of ether oxygens (including phenoxy) is 1. The third-order valence-electron chi connectivity index (χ3n) is 7.83. The van der Waals surface area contributed by atoms with Gasteiger partial charge in [-0.25, -0.2) is 4.79 Å². The van der Waals surface area contributed by atoms with Gasteiger partial charge in [-0.05, 0) is 74.4 Å². The first-order valence-electron chi connectivity index (χ1n) is 12.6. The van der Waals surface area contributed by atoms with Gasteiger partial charge in [-0.2, -0.15) is 0 Å². The second kappa shape index (κ2) is 10.1. The number of benzene rings is 2. The fourth-order valence-electron chi connectivity index (χ4n) is 5.90. The van der Waals surface area contributed by atoms with E-state index in [4.69, 9.17) is 16.3 Å². The fourth-order valence-corrected chi connectivity index (χ4v) is 6.09. The molecule has 3 aromatic rings. The van der Waals surface area contributed by atoms with Crippen LogP contribution >= 0.6 is 11.6 Å². The van der Waals surface area contributed by atoms with Crippen molar-refractivity contribution in [3.63, 3.8) is 0 Å². The normalized spacial score (nSPS) is 23.4. The van der Waals surface area contributed by atoms with Crippen molar-refractivity contribution in [3.05, 3.63) is 88.7 Å². The molecular weight excluding hydrogens is 474 g/mol. The monoisotopic (exact) mass is 505 g/mol. The van der Waals surface area contributed by atoms with Gasteiger partial charge in [-0.1, -0.05) is 41.9 Å². The van der Waals surface area contributed by atoms with E-state index >= 15 is 0 Å². The van der Waals surface area contributed by atoms with E-state index in [-0.39, 0.29) is 5.54 Å². The van der Waals surface area contributed by atoms with Gasteiger partial charge in [-0.15, -0.1) is 0 Å². The SMILES string of the molecule is Cc1cnccc1OCCCN1Cc2ccccc2C12CCC(Nc1cccc(Cl)c1)(C(=O)O)CC2. The number of carboxylic acid groups (broad SMARTS) is 1. The summed E-state index contributed by atoms with van der Waals surface area (Å²) in [6.07, 6.45) is 7.07. The van der Waals surface area contributed by atoms with Gasteiger partial charge in [0, 0.05) is 47.3 Å². The van der Waals surface area contributed by atoms with Crippen LogP contribution in [0.2, 0.25) is 5.02 Å². The lowest BCUT2D eigenvalue weighted by molar-refractivity contribution is -0.144. The predicted molar refractivity (Wildman–Crippen MR) is 142 cm³/mol. The molecule has 0 amide bonds. The number of pyridine rings is 1. The molecule has 2 aliphatic rings. The Kier molecular flexibility index (Phi) is 6.91. The van der Waals surface area contributed by atoms with Gasteiger partial charge in [0.15, 0.2) is 0 Å². The summed E-state index contributed by atoms with van der Waals surface area (Å²) in [5.74, 6) is 0.0664. The van der Waals surface area contributed by atoms with Crippen LogP contribution in [0.5, 0.6) is 5.75 Å². The van der Waals surface area contributed by atoms with Crippen molar-refractivity contribution in [1.29, 1.82) is 0 Å². The third-order valence-corrected chi connectivity index (χ3v) is 8.07. The average molecular weight is 506 g/mol. The van der Waals surface area contributed by atoms with Crippen molar-refractivity contribution in [1.82, 2.24) is 9.88 Å². The molecule has 6 nitrogen and oxygen atoms in total. The van der Waals surface area contributed by atoms with E-state index in [2.05, 4.69) is 39.5 Å². The molecule has 0 atom stereocenters. The van der Waals surface area contributed by atoms with Gasteiger partial charge in [0.1, 0.15) is 11.3 Å². The standard InChI is InChI=1S/C29H32ClN3O3/c1-21-19-31-15-10-26(21)36-17-5-16-33-20-22-6-2-3-9-25(22)29(33)13-11-28(12-14-29,27(34)35)32-24-8-4-7-23(30)18-24/h2-4,6-10,15,18-19,32H,5,11-14,16-17,20H2,1H3,(H,34,35). The molecular formula is C29H32ClN3O3. The Morgan fingerprint density at radius 1 is 1.14 bits per heavy atom. The second-order valence-electron chi connectivity index (χ2n) is 9.98. The van der Waals surface area contributed by atoms with Gasteiger partial charge >= 0.3 is 5.97 Å². The molecule has 1 aromatic heterocycles. The third kappa shape index (κ3) is 4.67. The lowest BCUT2D eigenvalue weighted by atomic mass is 9.69. The molecule has 0 unspecified atom stereocenters. The van der Waals surface area contributed by atoms with Crippen LogP contribution in [0.3, 0.4) is 0 Å². The Balaban J connectivity index is 1.32. The minimum atomic E-state index is -1.01. The van der Waals surface area contributed by atoms with Gasteiger partial charge in [0.05, 0.1) is 6.61 Å². The highest BCUT2D eigenvalue weighted by atomic mass is 35.5. The summed E-state index contributed by atoms with van der Waals surface area (Å²) in [7, 11) is 0. The molecule has 188 valence electrons. The van der Waals surface area contributed by atoms with Crippen LogP contribution in [0.4, 0.5) is 5.69 Å². The number of hydrogen-bond acceptors (Lipinski definition) is 5. The lowest BCUT2D eigenvalue weighted by Gasteiger charge is -2.48. The van der Waals surface area contributed by atoms with E-state index in [1.807, 2.05) is 31.3 Å². The van der Waals surface area contributed by atoms with Crippen LogP contribution in [0.25, 0.3) is 0 Å². The molecule has 1 saturated carbocycles. The highest BCUT2D eigenvalue weighted by Gasteiger charge is 2.53. The average Bonchev–Trinajstić information content (AvgIpc) is 3.17. The van der Waals surface area contributed by atoms with Crippen molar-refractivity contribution in [3.8, 4) is 5.75 Å². The van der Waals surface area contributed by atoms with Gasteiger partial charge in [-0.3, -0.25) is 9.88 Å². The van der Waals surface area contributed by atoms with Crippen LogP contribution < -0.4 is 10.1 Å². The smallest absolute Gasteiger partial charge is 0.329 e. The number of anilines is 1. The molecule has 7 heteroatoms. The van der Waals surface area contributed by atoms with E-state index in [1.165, 1.54) is 11.1 Å². The summed E-state index contributed by atoms with van der Waals surface area (Å²) in [6, 6.07) is 17.8. The van der Waals surface area contributed by atoms with E-state index < -0.39 is 11.5 Å². The molecule has 2 N–H and O–H groups in total. The maximum Gasteiger partial charge on any atom is 0.329 e. The zero-order chi connectivity index (χ0) is 25.2. The minimum Gasteiger partial charge on any atom is -0.493 e. The minimum absolute atomic E-state index is 0.155. The number of aryl methyl sites for hydroxylation is 1. The van der Waals surface area contributed by atoms with Crippen LogP contribution in [-0.2, 0) is 16.9 Å². The number of aliphatic carboxylic acids is 1. The summed E-state index contributed by atoms with van der Waals surface area (Å²) < 4.78 is 6.02. The van der Waals surface area contributed by atoms with Crippen LogP contribution in [0.1, 0.15) is 48.8 Å². The van der Waals surface area contributed by atoms with Crippen molar-refractivity contribution in [2.24, 2.45) is 0 Å². The number of nitrogens with one attached hydrogen (secondary N) is 1. The number of halogens is 1. The highest BCUT2D eigenvalue weighted by molar-refractivity contribution is 6.30. The number of rotatable bonds is 8. The summed E-state index contributed by atoms with van der Waals surface area (Å²) in [6.45, 7) is 4.40. The molecule has 5 rings (SSSR count). The maximum absolute atomic E-state index is 12.5. The topological polar surface area (TPSA) is 74.7 Å². The Labute approximate surface area is 217 Å². The lowest BCUT2D eigenvalue weighted by Crippen LogP contribution is -2.55. The van der Waals surface area contributed by atoms with Crippen molar-refractivity contribution in [2.45, 2.75) is 56.7 Å². The first-order valence-corrected chi connectivity index (χ1v) is 12.9. The van der Waals surface area contributed by atoms with Crippen molar-refractivity contribution >= 4 is 23.3 Å². The summed E-state index contributed by atoms with van der Waals surface area (Å²) in [5, 5.41) is 14.2. The summed E-state index contributed by atoms with van der Waals surface area (Å²) in [5.41, 5.74) is 3.30. The van der Waals surface area contributed by atoms with Crippen LogP contribution in [-0.4, -0.2) is 39.7 Å². The predicted octanol–water partition coefficient (Wildman–Crippen LogP) is 6.03. The quantitative estimate of drug-likeness (QED) is 0.364. The number of nitrogens with zero attached hydrogens (tertiary/aromatic N) is 2. The van der Waals surface area contributed by atoms with Gasteiger partial charge in [0.25, 0.3) is 0 Å². The molecule has 1 aliphatic heterocycles. The second-order valence-corrected chi connectivity index (χ2v) is 10.4. The molecule has 2 heterocycles. The first-order chi connectivity index (χ1) is 17.4. The van der Waals surface area contributed by atoms with Gasteiger partial charge < -0.3 is 15.2 Å². The zero-order valence-corrected chi connectivity index (χ0v) is 21.3. The Bertz CT molecular complexity index is 1240. The van der Waals surface area contributed by atoms with Crippen molar-refractivity contribution < 1.29 is 14.6 Å². The number of aromatic nitrogens is 1. The van der Waals surface area contributed by atoms with E-state index in [0.717, 1.165) is 49.4 Å². The molecule has 2 aromatic carbocycles. The Hall–Kier alpha value is -3.09. The molecule has 1 fully saturated rings. The van der Waals surface area contributed by atoms with E-state index in [0.29, 0.717) is 24.5 Å². The zero-order valence-electron chi connectivity index (χ0n) is 20.5. The molecule has 1 spiro atoms. The number of carbonyl (C=O) groups is 1. The fraction of sp³-hybridized carbons (Fsp3) is 0.379. The molecule has 36 heavy (non-hydrogen) atoms. The Morgan fingerprint density at radius 2 is 1.94 bits per heavy atom. The van der Waals surface area contributed by atoms with Gasteiger partial charge in [0.2, 0.25) is 0 Å². The van der Waals surface area contributed by atoms with E-state index in [1.54, 1.807) is 18.3 Å².